The first-order chi connectivity index (χ1) is 18.0. The molecule has 2 heterocycles. The third-order valence-electron chi connectivity index (χ3n) is 6.63. The predicted molar refractivity (Wildman–Crippen MR) is 146 cm³/mol. The van der Waals surface area contributed by atoms with Gasteiger partial charge in [0.2, 0.25) is 0 Å². The molecule has 37 heavy (non-hydrogen) atoms. The fourth-order valence-corrected chi connectivity index (χ4v) is 5.57. The predicted octanol–water partition coefficient (Wildman–Crippen LogP) is 3.45. The smallest absolute Gasteiger partial charge is 0.309 e. The van der Waals surface area contributed by atoms with E-state index in [2.05, 4.69) is 38.6 Å². The quantitative estimate of drug-likeness (QED) is 0.419. The lowest BCUT2D eigenvalue weighted by atomic mass is 10.0. The first-order valence-corrected chi connectivity index (χ1v) is 13.2. The van der Waals surface area contributed by atoms with E-state index in [4.69, 9.17) is 9.47 Å². The number of piperazine rings is 1. The van der Waals surface area contributed by atoms with Crippen LogP contribution in [0.25, 0.3) is 0 Å². The molecule has 1 fully saturated rings. The van der Waals surface area contributed by atoms with Crippen LogP contribution in [0.15, 0.2) is 66.0 Å². The molecule has 2 atom stereocenters. The van der Waals surface area contributed by atoms with Crippen LogP contribution in [0.1, 0.15) is 23.4 Å². The monoisotopic (exact) mass is 522 g/mol. The summed E-state index contributed by atoms with van der Waals surface area (Å²) in [5.41, 5.74) is 2.06. The number of amides is 2. The molecule has 0 spiro atoms. The van der Waals surface area contributed by atoms with E-state index >= 15 is 0 Å². The number of nitrogens with one attached hydrogen (secondary N) is 2. The van der Waals surface area contributed by atoms with Crippen LogP contribution in [0.3, 0.4) is 0 Å². The lowest BCUT2D eigenvalue weighted by Gasteiger charge is -2.42. The zero-order chi connectivity index (χ0) is 26.2. The van der Waals surface area contributed by atoms with Gasteiger partial charge in [-0.3, -0.25) is 14.5 Å². The minimum Gasteiger partial charge on any atom is -0.497 e. The van der Waals surface area contributed by atoms with E-state index < -0.39 is 11.8 Å². The average molecular weight is 523 g/mol. The lowest BCUT2D eigenvalue weighted by Crippen LogP contribution is -2.53. The van der Waals surface area contributed by atoms with Gasteiger partial charge in [-0.05, 0) is 60.3 Å². The second kappa shape index (κ2) is 12.6. The second-order valence-electron chi connectivity index (χ2n) is 8.97. The first-order valence-electron chi connectivity index (χ1n) is 12.4. The molecule has 0 unspecified atom stereocenters. The summed E-state index contributed by atoms with van der Waals surface area (Å²) in [6.07, 6.45) is 0. The maximum Gasteiger partial charge on any atom is 0.309 e. The van der Waals surface area contributed by atoms with Gasteiger partial charge in [-0.2, -0.15) is 0 Å². The summed E-state index contributed by atoms with van der Waals surface area (Å²) >= 11 is 1.67. The molecular weight excluding hydrogens is 488 g/mol. The van der Waals surface area contributed by atoms with Crippen molar-refractivity contribution in [2.24, 2.45) is 0 Å². The third-order valence-corrected chi connectivity index (χ3v) is 7.57. The average Bonchev–Trinajstić information content (AvgIpc) is 3.47. The van der Waals surface area contributed by atoms with Crippen molar-refractivity contribution in [1.82, 2.24) is 15.5 Å². The van der Waals surface area contributed by atoms with E-state index in [0.717, 1.165) is 43.2 Å². The highest BCUT2D eigenvalue weighted by atomic mass is 32.1. The van der Waals surface area contributed by atoms with E-state index in [1.165, 1.54) is 10.6 Å². The van der Waals surface area contributed by atoms with Crippen molar-refractivity contribution < 1.29 is 19.1 Å². The largest absolute Gasteiger partial charge is 0.497 e. The Balaban J connectivity index is 1.34. The molecule has 1 aromatic heterocycles. The van der Waals surface area contributed by atoms with Crippen molar-refractivity contribution in [2.75, 3.05) is 45.3 Å². The Bertz CT molecular complexity index is 1140. The zero-order valence-corrected chi connectivity index (χ0v) is 22.3. The fraction of sp³-hybridized carbons (Fsp3) is 0.357. The highest BCUT2D eigenvalue weighted by Gasteiger charge is 2.32. The number of rotatable bonds is 9. The number of methoxy groups -OCH3 is 2. The Kier molecular flexibility index (Phi) is 9.03. The maximum atomic E-state index is 12.7. The summed E-state index contributed by atoms with van der Waals surface area (Å²) in [5.74, 6) is 0.320. The van der Waals surface area contributed by atoms with Crippen LogP contribution in [0.4, 0.5) is 5.69 Å². The summed E-state index contributed by atoms with van der Waals surface area (Å²) in [5, 5.41) is 7.70. The molecule has 0 saturated carbocycles. The number of ether oxygens (including phenoxy) is 2. The fourth-order valence-electron chi connectivity index (χ4n) is 4.61. The summed E-state index contributed by atoms with van der Waals surface area (Å²) in [6.45, 7) is 5.67. The third kappa shape index (κ3) is 6.81. The molecule has 2 amide bonds. The Morgan fingerprint density at radius 1 is 0.892 bits per heavy atom. The molecular formula is C28H34N4O4S. The summed E-state index contributed by atoms with van der Waals surface area (Å²) in [4.78, 5) is 31.2. The van der Waals surface area contributed by atoms with Crippen molar-refractivity contribution >= 4 is 28.8 Å². The zero-order valence-electron chi connectivity index (χ0n) is 21.5. The minimum atomic E-state index is -0.642. The van der Waals surface area contributed by atoms with Gasteiger partial charge < -0.3 is 25.0 Å². The molecule has 0 radical (unpaired) electrons. The molecule has 1 aliphatic rings. The van der Waals surface area contributed by atoms with Gasteiger partial charge in [-0.15, -0.1) is 11.3 Å². The van der Waals surface area contributed by atoms with Crippen LogP contribution in [-0.2, 0) is 16.1 Å². The van der Waals surface area contributed by atoms with Crippen molar-refractivity contribution in [3.63, 3.8) is 0 Å². The SMILES string of the molecule is COc1ccc(CNC(=O)C(=O)N[C@@H](C)[C@@H](c2cccs2)N2CCN(c3ccc(OC)cc3)CC2)cc1. The Labute approximate surface area is 222 Å². The molecule has 3 aromatic rings. The molecule has 1 saturated heterocycles. The molecule has 2 aromatic carbocycles. The summed E-state index contributed by atoms with van der Waals surface area (Å²) < 4.78 is 10.4. The Hall–Kier alpha value is -3.56. The maximum absolute atomic E-state index is 12.7. The normalized spacial score (nSPS) is 15.5. The van der Waals surface area contributed by atoms with Gasteiger partial charge in [0.1, 0.15) is 11.5 Å². The van der Waals surface area contributed by atoms with Crippen LogP contribution in [-0.4, -0.2) is 63.2 Å². The standard InChI is InChI=1S/C28H34N4O4S/c1-20(30-28(34)27(33)29-19-21-6-10-23(35-2)11-7-21)26(25-5-4-18-37-25)32-16-14-31(15-17-32)22-8-12-24(36-3)13-9-22/h4-13,18,20,26H,14-17,19H2,1-3H3,(H,29,33)(H,30,34)/t20-,26-/m0/s1. The van der Waals surface area contributed by atoms with Gasteiger partial charge in [-0.25, -0.2) is 0 Å². The first kappa shape index (κ1) is 26.5. The number of benzene rings is 2. The highest BCUT2D eigenvalue weighted by Crippen LogP contribution is 2.30. The van der Waals surface area contributed by atoms with Crippen molar-refractivity contribution in [3.8, 4) is 11.5 Å². The van der Waals surface area contributed by atoms with Gasteiger partial charge in [-0.1, -0.05) is 18.2 Å². The van der Waals surface area contributed by atoms with E-state index in [0.29, 0.717) is 0 Å². The molecule has 2 N–H and O–H groups in total. The van der Waals surface area contributed by atoms with Crippen LogP contribution >= 0.6 is 11.3 Å². The minimum absolute atomic E-state index is 0.0173. The summed E-state index contributed by atoms with van der Waals surface area (Å²) in [6, 6.07) is 19.3. The van der Waals surface area contributed by atoms with Crippen LogP contribution < -0.4 is 25.0 Å². The topological polar surface area (TPSA) is 83.1 Å². The number of anilines is 1. The van der Waals surface area contributed by atoms with E-state index in [-0.39, 0.29) is 18.6 Å². The van der Waals surface area contributed by atoms with Crippen molar-refractivity contribution in [3.05, 3.63) is 76.5 Å². The molecule has 8 nitrogen and oxygen atoms in total. The van der Waals surface area contributed by atoms with E-state index in [9.17, 15) is 9.59 Å². The second-order valence-corrected chi connectivity index (χ2v) is 9.95. The number of carbonyl (C=O) groups excluding carboxylic acids is 2. The molecule has 9 heteroatoms. The van der Waals surface area contributed by atoms with Gasteiger partial charge >= 0.3 is 11.8 Å². The van der Waals surface area contributed by atoms with Crippen molar-refractivity contribution in [2.45, 2.75) is 25.6 Å². The number of thiophene rings is 1. The molecule has 4 rings (SSSR count). The van der Waals surface area contributed by atoms with E-state index in [1.807, 2.05) is 54.8 Å². The van der Waals surface area contributed by atoms with Crippen LogP contribution in [0.5, 0.6) is 11.5 Å². The Morgan fingerprint density at radius 3 is 2.08 bits per heavy atom. The van der Waals surface area contributed by atoms with Gasteiger partial charge in [0.25, 0.3) is 0 Å². The van der Waals surface area contributed by atoms with Gasteiger partial charge in [0.05, 0.1) is 20.3 Å². The summed E-state index contributed by atoms with van der Waals surface area (Å²) in [7, 11) is 3.27. The molecule has 1 aliphatic heterocycles. The number of hydrogen-bond donors (Lipinski definition) is 2. The van der Waals surface area contributed by atoms with Crippen LogP contribution in [0, 0.1) is 0 Å². The Morgan fingerprint density at radius 2 is 1.51 bits per heavy atom. The van der Waals surface area contributed by atoms with Gasteiger partial charge in [0, 0.05) is 49.3 Å². The molecule has 0 bridgehead atoms. The number of carbonyl (C=O) groups is 2. The van der Waals surface area contributed by atoms with Gasteiger partial charge in [0.15, 0.2) is 0 Å². The lowest BCUT2D eigenvalue weighted by molar-refractivity contribution is -0.140. The molecule has 0 aliphatic carbocycles. The number of nitrogens with zero attached hydrogens (tertiary/aromatic N) is 2. The van der Waals surface area contributed by atoms with E-state index in [1.54, 1.807) is 25.6 Å². The highest BCUT2D eigenvalue weighted by molar-refractivity contribution is 7.10. The van der Waals surface area contributed by atoms with Crippen molar-refractivity contribution in [1.29, 1.82) is 0 Å². The number of hydrogen-bond acceptors (Lipinski definition) is 7. The molecule has 196 valence electrons. The van der Waals surface area contributed by atoms with Crippen LogP contribution in [0.2, 0.25) is 0 Å².